The molecule has 0 aliphatic rings. The Kier molecular flexibility index (Phi) is 5.71. The Bertz CT molecular complexity index is 1140. The van der Waals surface area contributed by atoms with E-state index in [2.05, 4.69) is 54.4 Å². The average molecular weight is 514 g/mol. The van der Waals surface area contributed by atoms with E-state index in [0.717, 1.165) is 32.0 Å². The summed E-state index contributed by atoms with van der Waals surface area (Å²) in [5.74, 6) is 0.166. The van der Waals surface area contributed by atoms with Crippen molar-refractivity contribution in [2.45, 2.75) is 0 Å². The first kappa shape index (κ1) is 19.1. The summed E-state index contributed by atoms with van der Waals surface area (Å²) >= 11 is 8.38. The van der Waals surface area contributed by atoms with Crippen LogP contribution in [0.1, 0.15) is 5.56 Å². The van der Waals surface area contributed by atoms with Crippen LogP contribution in [0.5, 0.6) is 5.75 Å². The number of benzene rings is 3. The largest absolute Gasteiger partial charge is 0.506 e. The van der Waals surface area contributed by atoms with Gasteiger partial charge in [0.05, 0.1) is 15.9 Å². The maximum Gasteiger partial charge on any atom is 0.138 e. The monoisotopic (exact) mass is 512 g/mol. The fourth-order valence-corrected chi connectivity index (χ4v) is 4.76. The summed E-state index contributed by atoms with van der Waals surface area (Å²) in [7, 11) is 0. The zero-order chi connectivity index (χ0) is 19.5. The van der Waals surface area contributed by atoms with Gasteiger partial charge >= 0.3 is 0 Å². The normalized spacial score (nSPS) is 11.2. The fourth-order valence-electron chi connectivity index (χ4n) is 2.67. The molecule has 4 rings (SSSR count). The van der Waals surface area contributed by atoms with Crippen LogP contribution in [-0.2, 0) is 0 Å². The van der Waals surface area contributed by atoms with E-state index in [1.54, 1.807) is 23.6 Å². The average Bonchev–Trinajstić information content (AvgIpc) is 3.21. The molecule has 3 nitrogen and oxygen atoms in total. The first-order valence-electron chi connectivity index (χ1n) is 8.43. The molecule has 0 amide bonds. The van der Waals surface area contributed by atoms with Crippen molar-refractivity contribution in [2.75, 3.05) is 0 Å². The second-order valence-electron chi connectivity index (χ2n) is 6.03. The lowest BCUT2D eigenvalue weighted by Gasteiger charge is -2.03. The van der Waals surface area contributed by atoms with E-state index < -0.39 is 0 Å². The van der Waals surface area contributed by atoms with E-state index in [-0.39, 0.29) is 5.75 Å². The summed E-state index contributed by atoms with van der Waals surface area (Å²) in [6.45, 7) is 0. The van der Waals surface area contributed by atoms with E-state index in [1.807, 2.05) is 48.5 Å². The van der Waals surface area contributed by atoms with Gasteiger partial charge in [-0.1, -0.05) is 58.4 Å². The highest BCUT2D eigenvalue weighted by molar-refractivity contribution is 9.11. The van der Waals surface area contributed by atoms with Gasteiger partial charge in [0.2, 0.25) is 0 Å². The molecule has 0 bridgehead atoms. The lowest BCUT2D eigenvalue weighted by molar-refractivity contribution is 0.471. The van der Waals surface area contributed by atoms with Crippen LogP contribution in [0.25, 0.3) is 21.8 Å². The number of hydrogen-bond acceptors (Lipinski definition) is 4. The summed E-state index contributed by atoms with van der Waals surface area (Å²) in [4.78, 5) is 9.20. The molecule has 3 aromatic carbocycles. The van der Waals surface area contributed by atoms with Crippen LogP contribution in [-0.4, -0.2) is 16.3 Å². The number of thiazole rings is 1. The molecule has 138 valence electrons. The summed E-state index contributed by atoms with van der Waals surface area (Å²) in [6, 6.07) is 21.7. The van der Waals surface area contributed by atoms with Crippen LogP contribution in [0, 0.1) is 0 Å². The smallest absolute Gasteiger partial charge is 0.138 e. The minimum atomic E-state index is 0.166. The Morgan fingerprint density at radius 1 is 0.929 bits per heavy atom. The van der Waals surface area contributed by atoms with Gasteiger partial charge in [-0.15, -0.1) is 11.3 Å². The fraction of sp³-hybridized carbons (Fsp3) is 0. The number of halogens is 2. The van der Waals surface area contributed by atoms with E-state index in [0.29, 0.717) is 10.0 Å². The number of hydrogen-bond donors (Lipinski definition) is 1. The van der Waals surface area contributed by atoms with Crippen molar-refractivity contribution in [2.24, 2.45) is 4.99 Å². The van der Waals surface area contributed by atoms with Gasteiger partial charge in [0.25, 0.3) is 0 Å². The Morgan fingerprint density at radius 3 is 2.43 bits per heavy atom. The predicted octanol–water partition coefficient (Wildman–Crippen LogP) is 7.46. The van der Waals surface area contributed by atoms with Crippen LogP contribution in [0.4, 0.5) is 5.69 Å². The Labute approximate surface area is 183 Å². The van der Waals surface area contributed by atoms with Crippen LogP contribution in [0.15, 0.2) is 86.0 Å². The second kappa shape index (κ2) is 8.39. The molecule has 0 saturated carbocycles. The molecule has 0 aliphatic carbocycles. The van der Waals surface area contributed by atoms with Crippen LogP contribution < -0.4 is 0 Å². The number of phenols is 1. The van der Waals surface area contributed by atoms with Crippen molar-refractivity contribution in [3.8, 4) is 27.6 Å². The molecule has 4 aromatic rings. The van der Waals surface area contributed by atoms with Gasteiger partial charge in [-0.2, -0.15) is 0 Å². The van der Waals surface area contributed by atoms with Crippen molar-refractivity contribution < 1.29 is 5.11 Å². The SMILES string of the molecule is Oc1c(Br)cc(Br)cc1C=Nc1ccc(-c2csc(-c3ccccc3)n2)cc1. The van der Waals surface area contributed by atoms with E-state index in [9.17, 15) is 5.11 Å². The molecule has 1 heterocycles. The van der Waals surface area contributed by atoms with Crippen molar-refractivity contribution in [3.63, 3.8) is 0 Å². The number of phenolic OH excluding ortho intramolecular Hbond substituents is 1. The molecule has 6 heteroatoms. The molecule has 0 aliphatic heterocycles. The van der Waals surface area contributed by atoms with Crippen molar-refractivity contribution in [3.05, 3.63) is 86.6 Å². The minimum absolute atomic E-state index is 0.166. The molecule has 0 unspecified atom stereocenters. The van der Waals surface area contributed by atoms with Gasteiger partial charge in [0.15, 0.2) is 0 Å². The van der Waals surface area contributed by atoms with Crippen molar-refractivity contribution in [1.29, 1.82) is 0 Å². The zero-order valence-electron chi connectivity index (χ0n) is 14.5. The molecule has 0 spiro atoms. The quantitative estimate of drug-likeness (QED) is 0.288. The highest BCUT2D eigenvalue weighted by atomic mass is 79.9. The van der Waals surface area contributed by atoms with Gasteiger partial charge in [0, 0.05) is 32.8 Å². The van der Waals surface area contributed by atoms with Gasteiger partial charge in [-0.05, 0) is 40.2 Å². The molecule has 0 saturated heterocycles. The Hall–Kier alpha value is -2.28. The second-order valence-corrected chi connectivity index (χ2v) is 8.66. The maximum absolute atomic E-state index is 10.1. The molecule has 1 N–H and O–H groups in total. The minimum Gasteiger partial charge on any atom is -0.506 e. The number of aromatic nitrogens is 1. The van der Waals surface area contributed by atoms with E-state index >= 15 is 0 Å². The highest BCUT2D eigenvalue weighted by Gasteiger charge is 2.07. The van der Waals surface area contributed by atoms with Gasteiger partial charge < -0.3 is 5.11 Å². The van der Waals surface area contributed by atoms with Crippen LogP contribution in [0.2, 0.25) is 0 Å². The van der Waals surface area contributed by atoms with Gasteiger partial charge in [0.1, 0.15) is 10.8 Å². The van der Waals surface area contributed by atoms with Crippen LogP contribution >= 0.6 is 43.2 Å². The molecule has 0 fully saturated rings. The summed E-state index contributed by atoms with van der Waals surface area (Å²) in [5, 5.41) is 13.2. The highest BCUT2D eigenvalue weighted by Crippen LogP contribution is 2.32. The summed E-state index contributed by atoms with van der Waals surface area (Å²) in [6.07, 6.45) is 1.65. The Morgan fingerprint density at radius 2 is 1.68 bits per heavy atom. The predicted molar refractivity (Wildman–Crippen MR) is 124 cm³/mol. The van der Waals surface area contributed by atoms with Crippen molar-refractivity contribution in [1.82, 2.24) is 4.98 Å². The zero-order valence-corrected chi connectivity index (χ0v) is 18.5. The molecule has 0 radical (unpaired) electrons. The lowest BCUT2D eigenvalue weighted by atomic mass is 10.1. The lowest BCUT2D eigenvalue weighted by Crippen LogP contribution is -1.84. The topological polar surface area (TPSA) is 45.5 Å². The van der Waals surface area contributed by atoms with Gasteiger partial charge in [-0.3, -0.25) is 4.99 Å². The molecular weight excluding hydrogens is 500 g/mol. The number of aromatic hydroxyl groups is 1. The summed E-state index contributed by atoms with van der Waals surface area (Å²) in [5.41, 5.74) is 4.56. The summed E-state index contributed by atoms with van der Waals surface area (Å²) < 4.78 is 1.49. The number of nitrogens with zero attached hydrogens (tertiary/aromatic N) is 2. The maximum atomic E-state index is 10.1. The molecule has 1 aromatic heterocycles. The van der Waals surface area contributed by atoms with E-state index in [1.165, 1.54) is 0 Å². The number of aliphatic imine (C=N–C) groups is 1. The van der Waals surface area contributed by atoms with Gasteiger partial charge in [-0.25, -0.2) is 4.98 Å². The van der Waals surface area contributed by atoms with Crippen LogP contribution in [0.3, 0.4) is 0 Å². The standard InChI is InChI=1S/C22H14Br2N2OS/c23-17-10-16(21(27)19(24)11-17)12-25-18-8-6-14(7-9-18)20-13-28-22(26-20)15-4-2-1-3-5-15/h1-13,27H. The first-order chi connectivity index (χ1) is 13.6. The molecule has 28 heavy (non-hydrogen) atoms. The third-order valence-corrected chi connectivity index (χ3v) is 6.05. The first-order valence-corrected chi connectivity index (χ1v) is 10.9. The third kappa shape index (κ3) is 4.24. The Balaban J connectivity index is 1.54. The third-order valence-electron chi connectivity index (χ3n) is 4.10. The number of rotatable bonds is 4. The molecular formula is C22H14Br2N2OS. The molecule has 0 atom stereocenters. The van der Waals surface area contributed by atoms with Crippen molar-refractivity contribution >= 4 is 55.1 Å². The van der Waals surface area contributed by atoms with E-state index in [4.69, 9.17) is 4.98 Å².